The Hall–Kier alpha value is -4.44. The first kappa shape index (κ1) is 20.8. The fourth-order valence-electron chi connectivity index (χ4n) is 3.08. The molecule has 3 aromatic heterocycles. The third-order valence-electron chi connectivity index (χ3n) is 4.71. The van der Waals surface area contributed by atoms with Crippen molar-refractivity contribution in [3.8, 4) is 11.1 Å². The molecule has 10 heteroatoms. The van der Waals surface area contributed by atoms with Crippen LogP contribution in [0.5, 0.6) is 0 Å². The summed E-state index contributed by atoms with van der Waals surface area (Å²) in [4.78, 5) is 30.2. The number of nitrogen functional groups attached to an aromatic ring is 1. The second-order valence-electron chi connectivity index (χ2n) is 6.77. The molecule has 0 aliphatic heterocycles. The fourth-order valence-corrected chi connectivity index (χ4v) is 3.08. The third kappa shape index (κ3) is 4.50. The first-order valence-corrected chi connectivity index (χ1v) is 9.49. The SMILES string of the molecule is Nc1ccc(-c2ccnc(N(Cc3ccc(C(=O)NO)cc3F)c3cnccn3)c2)cn1. The van der Waals surface area contributed by atoms with Crippen molar-refractivity contribution >= 4 is 23.4 Å². The van der Waals surface area contributed by atoms with Gasteiger partial charge in [0.15, 0.2) is 5.82 Å². The molecule has 4 rings (SSSR count). The maximum atomic E-state index is 14.8. The number of amides is 1. The molecular weight excluding hydrogens is 413 g/mol. The molecule has 0 spiro atoms. The molecule has 32 heavy (non-hydrogen) atoms. The van der Waals surface area contributed by atoms with Gasteiger partial charge in [0.1, 0.15) is 17.5 Å². The van der Waals surface area contributed by atoms with E-state index in [0.29, 0.717) is 23.0 Å². The van der Waals surface area contributed by atoms with Crippen LogP contribution in [0.15, 0.2) is 73.4 Å². The van der Waals surface area contributed by atoms with E-state index in [1.54, 1.807) is 29.6 Å². The normalized spacial score (nSPS) is 10.6. The molecule has 0 saturated heterocycles. The molecular formula is C22H18FN7O2. The summed E-state index contributed by atoms with van der Waals surface area (Å²) in [7, 11) is 0. The number of carbonyl (C=O) groups excluding carboxylic acids is 1. The highest BCUT2D eigenvalue weighted by atomic mass is 19.1. The second kappa shape index (κ2) is 9.14. The van der Waals surface area contributed by atoms with Gasteiger partial charge in [-0.25, -0.2) is 24.8 Å². The number of hydrogen-bond acceptors (Lipinski definition) is 8. The van der Waals surface area contributed by atoms with Gasteiger partial charge >= 0.3 is 0 Å². The molecule has 9 nitrogen and oxygen atoms in total. The number of halogens is 1. The molecule has 0 atom stereocenters. The standard InChI is InChI=1S/C22H18FN7O2/c23-18-9-15(22(31)29-32)1-2-17(18)13-30(21-12-25-7-8-27-21)20-10-14(5-6-26-20)16-3-4-19(24)28-11-16/h1-12,32H,13H2,(H2,24,28)(H,29,31). The summed E-state index contributed by atoms with van der Waals surface area (Å²) in [5.41, 5.74) is 9.14. The van der Waals surface area contributed by atoms with E-state index >= 15 is 0 Å². The first-order valence-electron chi connectivity index (χ1n) is 9.49. The van der Waals surface area contributed by atoms with Crippen molar-refractivity contribution in [3.63, 3.8) is 0 Å². The summed E-state index contributed by atoms with van der Waals surface area (Å²) in [6, 6.07) is 11.1. The van der Waals surface area contributed by atoms with E-state index in [-0.39, 0.29) is 12.1 Å². The lowest BCUT2D eigenvalue weighted by Gasteiger charge is -2.23. The van der Waals surface area contributed by atoms with Gasteiger partial charge < -0.3 is 10.6 Å². The monoisotopic (exact) mass is 431 g/mol. The minimum Gasteiger partial charge on any atom is -0.384 e. The zero-order valence-electron chi connectivity index (χ0n) is 16.7. The summed E-state index contributed by atoms with van der Waals surface area (Å²) in [6.07, 6.45) is 7.90. The quantitative estimate of drug-likeness (QED) is 0.314. The Morgan fingerprint density at radius 3 is 2.50 bits per heavy atom. The van der Waals surface area contributed by atoms with E-state index in [0.717, 1.165) is 17.2 Å². The smallest absolute Gasteiger partial charge is 0.274 e. The Morgan fingerprint density at radius 1 is 0.969 bits per heavy atom. The molecule has 4 N–H and O–H groups in total. The highest BCUT2D eigenvalue weighted by Crippen LogP contribution is 2.28. The number of hydroxylamine groups is 1. The van der Waals surface area contributed by atoms with E-state index in [1.165, 1.54) is 30.0 Å². The van der Waals surface area contributed by atoms with Gasteiger partial charge in [0, 0.05) is 41.5 Å². The largest absolute Gasteiger partial charge is 0.384 e. The number of pyridine rings is 2. The molecule has 0 fully saturated rings. The van der Waals surface area contributed by atoms with E-state index in [1.807, 2.05) is 18.2 Å². The predicted octanol–water partition coefficient (Wildman–Crippen LogP) is 3.11. The zero-order valence-corrected chi connectivity index (χ0v) is 16.7. The molecule has 4 aromatic rings. The molecule has 0 saturated carbocycles. The van der Waals surface area contributed by atoms with E-state index < -0.39 is 11.7 Å². The molecule has 0 bridgehead atoms. The minimum absolute atomic E-state index is 0.00391. The summed E-state index contributed by atoms with van der Waals surface area (Å²) in [5, 5.41) is 8.76. The van der Waals surface area contributed by atoms with Crippen molar-refractivity contribution < 1.29 is 14.4 Å². The average Bonchev–Trinajstić information content (AvgIpc) is 2.84. The minimum atomic E-state index is -0.798. The molecule has 0 unspecified atom stereocenters. The Labute approximate surface area is 182 Å². The highest BCUT2D eigenvalue weighted by molar-refractivity contribution is 5.93. The Kier molecular flexibility index (Phi) is 5.95. The lowest BCUT2D eigenvalue weighted by Crippen LogP contribution is -2.21. The Balaban J connectivity index is 1.72. The molecule has 0 aliphatic rings. The Bertz CT molecular complexity index is 1240. The van der Waals surface area contributed by atoms with Gasteiger partial charge in [-0.3, -0.25) is 15.0 Å². The van der Waals surface area contributed by atoms with Crippen LogP contribution < -0.4 is 16.1 Å². The first-order chi connectivity index (χ1) is 15.5. The predicted molar refractivity (Wildman–Crippen MR) is 115 cm³/mol. The number of nitrogens with one attached hydrogen (secondary N) is 1. The number of anilines is 3. The van der Waals surface area contributed by atoms with Crippen molar-refractivity contribution in [2.45, 2.75) is 6.54 Å². The number of hydrogen-bond donors (Lipinski definition) is 3. The summed E-state index contributed by atoms with van der Waals surface area (Å²) >= 11 is 0. The lowest BCUT2D eigenvalue weighted by molar-refractivity contribution is 0.0706. The van der Waals surface area contributed by atoms with Crippen LogP contribution in [0.25, 0.3) is 11.1 Å². The van der Waals surface area contributed by atoms with Crippen LogP contribution in [-0.4, -0.2) is 31.1 Å². The molecule has 0 radical (unpaired) electrons. The van der Waals surface area contributed by atoms with Crippen molar-refractivity contribution in [1.29, 1.82) is 0 Å². The van der Waals surface area contributed by atoms with Crippen LogP contribution in [0.3, 0.4) is 0 Å². The molecule has 3 heterocycles. The topological polar surface area (TPSA) is 130 Å². The van der Waals surface area contributed by atoms with E-state index in [2.05, 4.69) is 19.9 Å². The van der Waals surface area contributed by atoms with Crippen LogP contribution >= 0.6 is 0 Å². The van der Waals surface area contributed by atoms with E-state index in [4.69, 9.17) is 10.9 Å². The number of aromatic nitrogens is 4. The van der Waals surface area contributed by atoms with Gasteiger partial charge in [-0.05, 0) is 42.0 Å². The number of nitrogens with zero attached hydrogens (tertiary/aromatic N) is 5. The maximum Gasteiger partial charge on any atom is 0.274 e. The van der Waals surface area contributed by atoms with Gasteiger partial charge in [-0.2, -0.15) is 0 Å². The second-order valence-corrected chi connectivity index (χ2v) is 6.77. The number of rotatable bonds is 6. The van der Waals surface area contributed by atoms with Crippen molar-refractivity contribution in [2.24, 2.45) is 0 Å². The highest BCUT2D eigenvalue weighted by Gasteiger charge is 2.17. The van der Waals surface area contributed by atoms with Crippen LogP contribution in [0.1, 0.15) is 15.9 Å². The lowest BCUT2D eigenvalue weighted by atomic mass is 10.1. The number of benzene rings is 1. The van der Waals surface area contributed by atoms with Crippen molar-refractivity contribution in [1.82, 2.24) is 25.4 Å². The number of carbonyl (C=O) groups is 1. The van der Waals surface area contributed by atoms with Crippen LogP contribution in [-0.2, 0) is 6.54 Å². The van der Waals surface area contributed by atoms with Crippen molar-refractivity contribution in [2.75, 3.05) is 10.6 Å². The van der Waals surface area contributed by atoms with Gasteiger partial charge in [0.2, 0.25) is 0 Å². The molecule has 160 valence electrons. The van der Waals surface area contributed by atoms with Gasteiger partial charge in [0.25, 0.3) is 5.91 Å². The van der Waals surface area contributed by atoms with Crippen molar-refractivity contribution in [3.05, 3.63) is 90.4 Å². The average molecular weight is 431 g/mol. The summed E-state index contributed by atoms with van der Waals surface area (Å²) < 4.78 is 14.8. The van der Waals surface area contributed by atoms with E-state index in [9.17, 15) is 9.18 Å². The molecule has 0 aliphatic carbocycles. The molecule has 1 aromatic carbocycles. The fraction of sp³-hybridized carbons (Fsp3) is 0.0455. The Morgan fingerprint density at radius 2 is 1.81 bits per heavy atom. The van der Waals surface area contributed by atoms with Gasteiger partial charge in [0.05, 0.1) is 12.7 Å². The number of nitrogens with two attached hydrogens (primary N) is 1. The third-order valence-corrected chi connectivity index (χ3v) is 4.71. The molecule has 1 amide bonds. The zero-order chi connectivity index (χ0) is 22.5. The summed E-state index contributed by atoms with van der Waals surface area (Å²) in [6.45, 7) is 0.0714. The van der Waals surface area contributed by atoms with Gasteiger partial charge in [-0.15, -0.1) is 0 Å². The van der Waals surface area contributed by atoms with Crippen LogP contribution in [0.2, 0.25) is 0 Å². The van der Waals surface area contributed by atoms with Crippen LogP contribution in [0, 0.1) is 5.82 Å². The summed E-state index contributed by atoms with van der Waals surface area (Å²) in [5.74, 6) is -0.0230. The maximum absolute atomic E-state index is 14.8. The van der Waals surface area contributed by atoms with Gasteiger partial charge in [-0.1, -0.05) is 6.07 Å². The van der Waals surface area contributed by atoms with Crippen LogP contribution in [0.4, 0.5) is 21.8 Å².